The third kappa shape index (κ3) is 2.38. The van der Waals surface area contributed by atoms with Crippen molar-refractivity contribution < 1.29 is 0 Å². The predicted molar refractivity (Wildman–Crippen MR) is 78.4 cm³/mol. The van der Waals surface area contributed by atoms with Crippen molar-refractivity contribution in [2.45, 2.75) is 12.8 Å². The molecule has 1 heterocycles. The van der Waals surface area contributed by atoms with E-state index in [1.807, 2.05) is 24.4 Å². The van der Waals surface area contributed by atoms with E-state index in [1.54, 1.807) is 6.08 Å². The molecular formula is C16H18N2. The van der Waals surface area contributed by atoms with Crippen LogP contribution in [0.4, 0.5) is 5.82 Å². The minimum atomic E-state index is 0.309. The summed E-state index contributed by atoms with van der Waals surface area (Å²) in [6.45, 7) is 5.87. The lowest BCUT2D eigenvalue weighted by Crippen LogP contribution is -1.97. The molecule has 0 aliphatic heterocycles. The first-order chi connectivity index (χ1) is 8.74. The summed E-state index contributed by atoms with van der Waals surface area (Å²) in [6, 6.07) is 10.4. The van der Waals surface area contributed by atoms with Gasteiger partial charge in [-0.25, -0.2) is 0 Å². The van der Waals surface area contributed by atoms with Crippen molar-refractivity contribution in [2.75, 3.05) is 5.73 Å². The zero-order valence-electron chi connectivity index (χ0n) is 10.6. The number of nitrogen functional groups attached to an aromatic ring is 1. The largest absolute Gasteiger partial charge is 0.385 e. The number of aromatic nitrogens is 1. The molecule has 1 aromatic heterocycles. The van der Waals surface area contributed by atoms with Gasteiger partial charge >= 0.3 is 0 Å². The van der Waals surface area contributed by atoms with Crippen molar-refractivity contribution in [3.63, 3.8) is 0 Å². The molecule has 1 atom stereocenters. The second kappa shape index (κ2) is 5.41. The number of nitrogens with two attached hydrogens (primary N) is 1. The first-order valence-electron chi connectivity index (χ1n) is 6.04. The van der Waals surface area contributed by atoms with Gasteiger partial charge in [-0.1, -0.05) is 62.1 Å². The van der Waals surface area contributed by atoms with E-state index in [2.05, 4.69) is 42.8 Å². The van der Waals surface area contributed by atoms with E-state index >= 15 is 0 Å². The van der Waals surface area contributed by atoms with Crippen LogP contribution >= 0.6 is 0 Å². The fraction of sp³-hybridized carbons (Fsp3) is 0.125. The Morgan fingerprint density at radius 1 is 1.28 bits per heavy atom. The van der Waals surface area contributed by atoms with Gasteiger partial charge in [0.2, 0.25) is 0 Å². The van der Waals surface area contributed by atoms with Crippen LogP contribution in [0, 0.1) is 0 Å². The van der Waals surface area contributed by atoms with Crippen LogP contribution in [0.25, 0.3) is 6.08 Å². The van der Waals surface area contributed by atoms with E-state index in [0.717, 1.165) is 5.56 Å². The van der Waals surface area contributed by atoms with Gasteiger partial charge in [0, 0.05) is 17.7 Å². The molecule has 0 saturated heterocycles. The SMILES string of the molecule is C=C/C=C\c1c(C(C)c2ccccc2)c[nH]c1N. The van der Waals surface area contributed by atoms with E-state index < -0.39 is 0 Å². The molecule has 2 rings (SSSR count). The molecule has 2 heteroatoms. The number of benzene rings is 1. The summed E-state index contributed by atoms with van der Waals surface area (Å²) < 4.78 is 0. The molecule has 0 saturated carbocycles. The molecule has 1 unspecified atom stereocenters. The van der Waals surface area contributed by atoms with E-state index in [1.165, 1.54) is 11.1 Å². The van der Waals surface area contributed by atoms with Gasteiger partial charge in [-0.15, -0.1) is 0 Å². The number of hydrogen-bond donors (Lipinski definition) is 2. The van der Waals surface area contributed by atoms with E-state index in [9.17, 15) is 0 Å². The third-order valence-electron chi connectivity index (χ3n) is 3.15. The number of H-pyrrole nitrogens is 1. The first-order valence-corrected chi connectivity index (χ1v) is 6.04. The van der Waals surface area contributed by atoms with Crippen LogP contribution in [0.3, 0.4) is 0 Å². The first kappa shape index (κ1) is 12.2. The zero-order chi connectivity index (χ0) is 13.0. The Kier molecular flexibility index (Phi) is 3.68. The normalized spacial score (nSPS) is 12.7. The van der Waals surface area contributed by atoms with Crippen LogP contribution in [0.15, 0.2) is 55.3 Å². The molecule has 0 bridgehead atoms. The molecule has 18 heavy (non-hydrogen) atoms. The lowest BCUT2D eigenvalue weighted by molar-refractivity contribution is 0.922. The summed E-state index contributed by atoms with van der Waals surface area (Å²) in [5, 5.41) is 0. The number of aromatic amines is 1. The second-order valence-corrected chi connectivity index (χ2v) is 4.30. The fourth-order valence-electron chi connectivity index (χ4n) is 2.10. The molecule has 1 aromatic carbocycles. The van der Waals surface area contributed by atoms with Crippen molar-refractivity contribution in [1.29, 1.82) is 0 Å². The molecule has 0 fully saturated rings. The Morgan fingerprint density at radius 3 is 2.67 bits per heavy atom. The minimum absolute atomic E-state index is 0.309. The van der Waals surface area contributed by atoms with Crippen molar-refractivity contribution in [2.24, 2.45) is 0 Å². The molecule has 3 N–H and O–H groups in total. The van der Waals surface area contributed by atoms with E-state index in [0.29, 0.717) is 11.7 Å². The Morgan fingerprint density at radius 2 is 2.00 bits per heavy atom. The molecule has 0 aliphatic rings. The van der Waals surface area contributed by atoms with Gasteiger partial charge in [-0.05, 0) is 11.1 Å². The number of nitrogens with one attached hydrogen (secondary N) is 1. The highest BCUT2D eigenvalue weighted by Crippen LogP contribution is 2.30. The van der Waals surface area contributed by atoms with Gasteiger partial charge in [0.05, 0.1) is 0 Å². The summed E-state index contributed by atoms with van der Waals surface area (Å²) >= 11 is 0. The Bertz CT molecular complexity index is 550. The summed E-state index contributed by atoms with van der Waals surface area (Å²) in [7, 11) is 0. The molecular weight excluding hydrogens is 220 g/mol. The zero-order valence-corrected chi connectivity index (χ0v) is 10.6. The molecule has 92 valence electrons. The lowest BCUT2D eigenvalue weighted by Gasteiger charge is -2.11. The van der Waals surface area contributed by atoms with Crippen LogP contribution in [0.1, 0.15) is 29.5 Å². The monoisotopic (exact) mass is 238 g/mol. The van der Waals surface area contributed by atoms with E-state index in [-0.39, 0.29) is 0 Å². The highest BCUT2D eigenvalue weighted by Gasteiger charge is 2.14. The van der Waals surface area contributed by atoms with Crippen LogP contribution < -0.4 is 5.73 Å². The predicted octanol–water partition coefficient (Wildman–Crippen LogP) is 3.95. The molecule has 2 nitrogen and oxygen atoms in total. The maximum atomic E-state index is 5.96. The van der Waals surface area contributed by atoms with Crippen molar-refractivity contribution in [3.05, 3.63) is 72.0 Å². The van der Waals surface area contributed by atoms with Gasteiger partial charge < -0.3 is 10.7 Å². The third-order valence-corrected chi connectivity index (χ3v) is 3.15. The lowest BCUT2D eigenvalue weighted by atomic mass is 9.92. The van der Waals surface area contributed by atoms with Crippen molar-refractivity contribution in [1.82, 2.24) is 4.98 Å². The van der Waals surface area contributed by atoms with Crippen LogP contribution in [0.5, 0.6) is 0 Å². The van der Waals surface area contributed by atoms with Crippen LogP contribution in [-0.2, 0) is 0 Å². The van der Waals surface area contributed by atoms with Crippen molar-refractivity contribution >= 4 is 11.9 Å². The highest BCUT2D eigenvalue weighted by molar-refractivity contribution is 5.67. The average Bonchev–Trinajstić information content (AvgIpc) is 2.78. The quantitative estimate of drug-likeness (QED) is 0.778. The number of allylic oxidation sites excluding steroid dienone is 2. The average molecular weight is 238 g/mol. The van der Waals surface area contributed by atoms with E-state index in [4.69, 9.17) is 5.73 Å². The molecule has 0 spiro atoms. The molecule has 0 aliphatic carbocycles. The summed E-state index contributed by atoms with van der Waals surface area (Å²) in [5.74, 6) is 1.01. The molecule has 2 aromatic rings. The Hall–Kier alpha value is -2.22. The summed E-state index contributed by atoms with van der Waals surface area (Å²) in [4.78, 5) is 3.09. The Balaban J connectivity index is 2.39. The smallest absolute Gasteiger partial charge is 0.108 e. The van der Waals surface area contributed by atoms with Gasteiger partial charge in [0.25, 0.3) is 0 Å². The standard InChI is InChI=1S/C16H18N2/c1-3-4-10-14-15(11-18-16(14)17)12(2)13-8-6-5-7-9-13/h3-12,18H,1,17H2,2H3/b10-4-. The summed E-state index contributed by atoms with van der Waals surface area (Å²) in [6.07, 6.45) is 7.63. The highest BCUT2D eigenvalue weighted by atomic mass is 14.8. The maximum Gasteiger partial charge on any atom is 0.108 e. The number of hydrogen-bond acceptors (Lipinski definition) is 1. The van der Waals surface area contributed by atoms with Crippen molar-refractivity contribution in [3.8, 4) is 0 Å². The number of rotatable bonds is 4. The van der Waals surface area contributed by atoms with Crippen LogP contribution in [0.2, 0.25) is 0 Å². The van der Waals surface area contributed by atoms with Crippen LogP contribution in [-0.4, -0.2) is 4.98 Å². The molecule has 0 radical (unpaired) electrons. The molecule has 0 amide bonds. The van der Waals surface area contributed by atoms with Gasteiger partial charge in [0.1, 0.15) is 5.82 Å². The summed E-state index contributed by atoms with van der Waals surface area (Å²) in [5.41, 5.74) is 9.49. The van der Waals surface area contributed by atoms with Gasteiger partial charge in [-0.2, -0.15) is 0 Å². The Labute approximate surface area is 108 Å². The maximum absolute atomic E-state index is 5.96. The minimum Gasteiger partial charge on any atom is -0.385 e. The van der Waals surface area contributed by atoms with Gasteiger partial charge in [-0.3, -0.25) is 0 Å². The topological polar surface area (TPSA) is 41.8 Å². The second-order valence-electron chi connectivity index (χ2n) is 4.30. The number of anilines is 1. The fourth-order valence-corrected chi connectivity index (χ4v) is 2.10. The van der Waals surface area contributed by atoms with Gasteiger partial charge in [0.15, 0.2) is 0 Å².